The van der Waals surface area contributed by atoms with Crippen molar-refractivity contribution >= 4 is 10.0 Å². The van der Waals surface area contributed by atoms with Gasteiger partial charge in [-0.2, -0.15) is 0 Å². The van der Waals surface area contributed by atoms with Gasteiger partial charge in [-0.25, -0.2) is 13.1 Å². The van der Waals surface area contributed by atoms with Crippen molar-refractivity contribution in [3.05, 3.63) is 0 Å². The van der Waals surface area contributed by atoms with Gasteiger partial charge >= 0.3 is 0 Å². The molecule has 0 amide bonds. The number of nitrogens with one attached hydrogen (secondary N) is 4. The first-order valence-electron chi connectivity index (χ1n) is 12.4. The highest BCUT2D eigenvalue weighted by atomic mass is 32.2. The summed E-state index contributed by atoms with van der Waals surface area (Å²) >= 11 is 0. The van der Waals surface area contributed by atoms with Crippen LogP contribution < -0.4 is 32.1 Å². The number of sulfonamides is 1. The molecule has 3 aliphatic rings. The predicted molar refractivity (Wildman–Crippen MR) is 129 cm³/mol. The van der Waals surface area contributed by atoms with Crippen molar-refractivity contribution in [1.29, 1.82) is 0 Å². The molecule has 8 N–H and O–H groups in total. The van der Waals surface area contributed by atoms with E-state index in [9.17, 15) is 8.42 Å². The lowest BCUT2D eigenvalue weighted by Crippen LogP contribution is -2.60. The SMILES string of the molecule is CNC1C(CN)CCCC1NS(=O)(=O)C(CN)CNC1CC(C2(OC)CC(C)C2)CCN1. The number of ether oxygens (including phenoxy) is 1. The molecule has 1 aliphatic heterocycles. The van der Waals surface area contributed by atoms with Gasteiger partial charge in [-0.15, -0.1) is 0 Å². The summed E-state index contributed by atoms with van der Waals surface area (Å²) in [5.74, 6) is 1.48. The van der Waals surface area contributed by atoms with Gasteiger partial charge in [0.15, 0.2) is 0 Å². The minimum atomic E-state index is -3.57. The van der Waals surface area contributed by atoms with E-state index in [1.165, 1.54) is 0 Å². The van der Waals surface area contributed by atoms with Crippen LogP contribution in [0.15, 0.2) is 0 Å². The highest BCUT2D eigenvalue weighted by molar-refractivity contribution is 7.90. The molecular formula is C22H46N6O3S. The van der Waals surface area contributed by atoms with Gasteiger partial charge in [-0.3, -0.25) is 0 Å². The third kappa shape index (κ3) is 5.83. The summed E-state index contributed by atoms with van der Waals surface area (Å²) in [5.41, 5.74) is 11.8. The van der Waals surface area contributed by atoms with E-state index in [-0.39, 0.29) is 36.3 Å². The van der Waals surface area contributed by atoms with Gasteiger partial charge in [0.2, 0.25) is 10.0 Å². The van der Waals surface area contributed by atoms with Crippen LogP contribution in [0.25, 0.3) is 0 Å². The standard InChI is InChI=1S/C22H46N6O3S/c1-15-10-22(11-15,31-3)17-7-8-26-20(9-17)27-14-18(13-24)32(29,30)28-19-6-4-5-16(12-23)21(19)25-2/h15-21,25-28H,4-14,23-24H2,1-3H3. The second-order valence-electron chi connectivity index (χ2n) is 10.3. The van der Waals surface area contributed by atoms with Crippen molar-refractivity contribution in [2.45, 2.75) is 81.0 Å². The summed E-state index contributed by atoms with van der Waals surface area (Å²) in [6, 6.07) is -0.105. The predicted octanol–water partition coefficient (Wildman–Crippen LogP) is -0.321. The van der Waals surface area contributed by atoms with Crippen LogP contribution in [-0.2, 0) is 14.8 Å². The summed E-state index contributed by atoms with van der Waals surface area (Å²) in [5, 5.41) is 9.55. The molecule has 0 bridgehead atoms. The van der Waals surface area contributed by atoms with E-state index in [1.807, 2.05) is 14.2 Å². The summed E-state index contributed by atoms with van der Waals surface area (Å²) in [6.45, 7) is 4.14. The van der Waals surface area contributed by atoms with E-state index in [2.05, 4.69) is 27.6 Å². The number of piperidine rings is 1. The van der Waals surface area contributed by atoms with Crippen LogP contribution in [0.1, 0.15) is 51.9 Å². The fourth-order valence-corrected chi connectivity index (χ4v) is 7.81. The molecule has 9 nitrogen and oxygen atoms in total. The largest absolute Gasteiger partial charge is 0.378 e. The molecule has 3 fully saturated rings. The van der Waals surface area contributed by atoms with Crippen LogP contribution in [0, 0.1) is 17.8 Å². The van der Waals surface area contributed by atoms with Crippen molar-refractivity contribution in [1.82, 2.24) is 20.7 Å². The van der Waals surface area contributed by atoms with Crippen LogP contribution in [0.4, 0.5) is 0 Å². The Hall–Kier alpha value is -0.330. The van der Waals surface area contributed by atoms with Crippen LogP contribution in [0.3, 0.4) is 0 Å². The number of rotatable bonds is 11. The monoisotopic (exact) mass is 474 g/mol. The van der Waals surface area contributed by atoms with E-state index in [4.69, 9.17) is 16.2 Å². The lowest BCUT2D eigenvalue weighted by molar-refractivity contribution is -0.150. The second-order valence-corrected chi connectivity index (χ2v) is 12.3. The molecule has 6 atom stereocenters. The highest BCUT2D eigenvalue weighted by Crippen LogP contribution is 2.48. The maximum atomic E-state index is 13.2. The Morgan fingerprint density at radius 3 is 2.56 bits per heavy atom. The molecule has 10 heteroatoms. The zero-order valence-corrected chi connectivity index (χ0v) is 20.9. The van der Waals surface area contributed by atoms with Gasteiger partial charge in [-0.05, 0) is 76.4 Å². The molecule has 3 rings (SSSR count). The van der Waals surface area contributed by atoms with Crippen molar-refractivity contribution in [2.75, 3.05) is 40.3 Å². The number of hydrogen-bond donors (Lipinski definition) is 6. The van der Waals surface area contributed by atoms with Gasteiger partial charge in [0, 0.05) is 32.3 Å². The van der Waals surface area contributed by atoms with E-state index in [0.29, 0.717) is 24.9 Å². The quantitative estimate of drug-likeness (QED) is 0.239. The molecule has 188 valence electrons. The molecule has 2 aliphatic carbocycles. The van der Waals surface area contributed by atoms with Crippen molar-refractivity contribution < 1.29 is 13.2 Å². The molecule has 0 aromatic rings. The van der Waals surface area contributed by atoms with Crippen LogP contribution in [-0.4, -0.2) is 77.9 Å². The number of nitrogens with two attached hydrogens (primary N) is 2. The minimum Gasteiger partial charge on any atom is -0.378 e. The molecule has 6 unspecified atom stereocenters. The zero-order chi connectivity index (χ0) is 23.4. The Labute approximate surface area is 194 Å². The first kappa shape index (κ1) is 26.3. The maximum Gasteiger partial charge on any atom is 0.217 e. The van der Waals surface area contributed by atoms with Crippen LogP contribution in [0.5, 0.6) is 0 Å². The van der Waals surface area contributed by atoms with Crippen molar-refractivity contribution in [2.24, 2.45) is 29.2 Å². The molecule has 1 saturated heterocycles. The van der Waals surface area contributed by atoms with E-state index in [0.717, 1.165) is 51.5 Å². The first-order chi connectivity index (χ1) is 15.3. The topological polar surface area (TPSA) is 144 Å². The fraction of sp³-hybridized carbons (Fsp3) is 1.00. The molecule has 0 spiro atoms. The smallest absolute Gasteiger partial charge is 0.217 e. The van der Waals surface area contributed by atoms with Crippen LogP contribution >= 0.6 is 0 Å². The van der Waals surface area contributed by atoms with Gasteiger partial charge in [0.05, 0.1) is 11.8 Å². The van der Waals surface area contributed by atoms with Gasteiger partial charge < -0.3 is 32.2 Å². The lowest BCUT2D eigenvalue weighted by atomic mass is 9.62. The normalized spacial score (nSPS) is 39.4. The van der Waals surface area contributed by atoms with E-state index >= 15 is 0 Å². The number of likely N-dealkylation sites (N-methyl/N-ethyl adjacent to an activating group) is 1. The van der Waals surface area contributed by atoms with E-state index < -0.39 is 15.3 Å². The van der Waals surface area contributed by atoms with Gasteiger partial charge in [0.25, 0.3) is 0 Å². The molecule has 0 radical (unpaired) electrons. The summed E-state index contributed by atoms with van der Waals surface area (Å²) < 4.78 is 35.3. The average molecular weight is 475 g/mol. The highest BCUT2D eigenvalue weighted by Gasteiger charge is 2.49. The zero-order valence-electron chi connectivity index (χ0n) is 20.1. The van der Waals surface area contributed by atoms with Gasteiger partial charge in [0.1, 0.15) is 5.25 Å². The fourth-order valence-electron chi connectivity index (χ4n) is 6.36. The second kappa shape index (κ2) is 11.4. The van der Waals surface area contributed by atoms with Gasteiger partial charge in [-0.1, -0.05) is 13.3 Å². The minimum absolute atomic E-state index is 0.00890. The number of hydrogen-bond acceptors (Lipinski definition) is 8. The molecule has 32 heavy (non-hydrogen) atoms. The van der Waals surface area contributed by atoms with Crippen LogP contribution in [0.2, 0.25) is 0 Å². The summed E-state index contributed by atoms with van der Waals surface area (Å²) in [7, 11) is 0.143. The van der Waals surface area contributed by atoms with E-state index in [1.54, 1.807) is 0 Å². The lowest BCUT2D eigenvalue weighted by Gasteiger charge is -2.52. The Balaban J connectivity index is 1.56. The third-order valence-electron chi connectivity index (χ3n) is 8.22. The first-order valence-corrected chi connectivity index (χ1v) is 13.9. The number of methoxy groups -OCH3 is 1. The molecular weight excluding hydrogens is 428 g/mol. The maximum absolute atomic E-state index is 13.2. The third-order valence-corrected chi connectivity index (χ3v) is 10.1. The Morgan fingerprint density at radius 2 is 1.97 bits per heavy atom. The van der Waals surface area contributed by atoms with Crippen molar-refractivity contribution in [3.8, 4) is 0 Å². The Bertz CT molecular complexity index is 687. The average Bonchev–Trinajstić information content (AvgIpc) is 2.76. The molecule has 0 aromatic carbocycles. The van der Waals surface area contributed by atoms with Crippen molar-refractivity contribution in [3.63, 3.8) is 0 Å². The summed E-state index contributed by atoms with van der Waals surface area (Å²) in [6.07, 6.45) is 7.15. The molecule has 1 heterocycles. The molecule has 0 aromatic heterocycles. The summed E-state index contributed by atoms with van der Waals surface area (Å²) in [4.78, 5) is 0. The Morgan fingerprint density at radius 1 is 1.22 bits per heavy atom. The molecule has 2 saturated carbocycles. The Kier molecular flexibility index (Phi) is 9.36.